The number of hydrogen-bond donors (Lipinski definition) is 2. The predicted molar refractivity (Wildman–Crippen MR) is 86.1 cm³/mol. The number of hydrogen-bond acceptors (Lipinski definition) is 2. The molecular formula is C14H11Cl2FN2S. The molecule has 0 saturated heterocycles. The molecule has 0 heterocycles. The van der Waals surface area contributed by atoms with Crippen LogP contribution >= 0.6 is 35.4 Å². The number of rotatable bonds is 4. The van der Waals surface area contributed by atoms with E-state index in [2.05, 4.69) is 5.32 Å². The highest BCUT2D eigenvalue weighted by molar-refractivity contribution is 7.80. The summed E-state index contributed by atoms with van der Waals surface area (Å²) in [5.41, 5.74) is 7.94. The first-order valence-corrected chi connectivity index (χ1v) is 6.91. The molecular weight excluding hydrogens is 318 g/mol. The third kappa shape index (κ3) is 3.60. The lowest BCUT2D eigenvalue weighted by Crippen LogP contribution is -2.13. The van der Waals surface area contributed by atoms with Crippen molar-refractivity contribution in [2.24, 2.45) is 5.73 Å². The van der Waals surface area contributed by atoms with Crippen LogP contribution in [-0.2, 0) is 6.54 Å². The average molecular weight is 329 g/mol. The topological polar surface area (TPSA) is 38.0 Å². The molecule has 0 spiro atoms. The number of nitrogens with two attached hydrogens (primary N) is 1. The van der Waals surface area contributed by atoms with E-state index < -0.39 is 5.82 Å². The van der Waals surface area contributed by atoms with E-state index in [-0.39, 0.29) is 10.0 Å². The molecule has 2 rings (SSSR count). The quantitative estimate of drug-likeness (QED) is 0.818. The van der Waals surface area contributed by atoms with Crippen molar-refractivity contribution in [1.82, 2.24) is 0 Å². The number of nitrogens with one attached hydrogen (secondary N) is 1. The van der Waals surface area contributed by atoms with Crippen LogP contribution in [0.2, 0.25) is 10.0 Å². The van der Waals surface area contributed by atoms with Crippen LogP contribution in [0.4, 0.5) is 10.1 Å². The molecule has 0 saturated carbocycles. The second-order valence-corrected chi connectivity index (χ2v) is 5.44. The van der Waals surface area contributed by atoms with Crippen molar-refractivity contribution < 1.29 is 4.39 Å². The van der Waals surface area contributed by atoms with Crippen molar-refractivity contribution in [3.63, 3.8) is 0 Å². The fourth-order valence-electron chi connectivity index (χ4n) is 1.72. The zero-order chi connectivity index (χ0) is 14.7. The van der Waals surface area contributed by atoms with Crippen molar-refractivity contribution in [2.75, 3.05) is 5.32 Å². The number of halogens is 3. The molecule has 3 N–H and O–H groups in total. The molecule has 0 atom stereocenters. The van der Waals surface area contributed by atoms with Gasteiger partial charge in [0.25, 0.3) is 0 Å². The molecule has 0 radical (unpaired) electrons. The van der Waals surface area contributed by atoms with Gasteiger partial charge in [0.15, 0.2) is 0 Å². The zero-order valence-corrected chi connectivity index (χ0v) is 12.6. The third-order valence-electron chi connectivity index (χ3n) is 2.71. The summed E-state index contributed by atoms with van der Waals surface area (Å²) in [6, 6.07) is 9.79. The van der Waals surface area contributed by atoms with Gasteiger partial charge in [-0.25, -0.2) is 4.39 Å². The monoisotopic (exact) mass is 328 g/mol. The SMILES string of the molecule is NC(=S)c1cc(Cl)ccc1NCc1ccc(F)c(Cl)c1. The normalized spacial score (nSPS) is 10.3. The van der Waals surface area contributed by atoms with Gasteiger partial charge in [-0.05, 0) is 35.9 Å². The molecule has 2 aromatic rings. The van der Waals surface area contributed by atoms with Crippen LogP contribution < -0.4 is 11.1 Å². The summed E-state index contributed by atoms with van der Waals surface area (Å²) >= 11 is 16.6. The predicted octanol–water partition coefficient (Wildman–Crippen LogP) is 4.38. The lowest BCUT2D eigenvalue weighted by molar-refractivity contribution is 0.627. The summed E-state index contributed by atoms with van der Waals surface area (Å²) in [6.07, 6.45) is 0. The van der Waals surface area contributed by atoms with Gasteiger partial charge >= 0.3 is 0 Å². The Bertz CT molecular complexity index is 662. The van der Waals surface area contributed by atoms with Crippen LogP contribution in [0.3, 0.4) is 0 Å². The maximum absolute atomic E-state index is 13.1. The molecule has 0 bridgehead atoms. The Morgan fingerprint density at radius 3 is 2.60 bits per heavy atom. The van der Waals surface area contributed by atoms with Crippen LogP contribution in [0.15, 0.2) is 36.4 Å². The molecule has 0 aliphatic heterocycles. The molecule has 6 heteroatoms. The Kier molecular flexibility index (Phi) is 4.81. The smallest absolute Gasteiger partial charge is 0.141 e. The summed E-state index contributed by atoms with van der Waals surface area (Å²) < 4.78 is 13.1. The molecule has 0 aliphatic rings. The minimum Gasteiger partial charge on any atom is -0.389 e. The van der Waals surface area contributed by atoms with Crippen molar-refractivity contribution in [2.45, 2.75) is 6.54 Å². The second-order valence-electron chi connectivity index (χ2n) is 4.16. The van der Waals surface area contributed by atoms with Gasteiger partial charge in [-0.1, -0.05) is 41.5 Å². The fraction of sp³-hybridized carbons (Fsp3) is 0.0714. The van der Waals surface area contributed by atoms with Crippen LogP contribution in [0.1, 0.15) is 11.1 Å². The maximum atomic E-state index is 13.1. The van der Waals surface area contributed by atoms with Gasteiger partial charge in [0, 0.05) is 22.8 Å². The van der Waals surface area contributed by atoms with E-state index in [9.17, 15) is 4.39 Å². The van der Waals surface area contributed by atoms with E-state index in [0.29, 0.717) is 17.1 Å². The molecule has 0 fully saturated rings. The van der Waals surface area contributed by atoms with E-state index >= 15 is 0 Å². The average Bonchev–Trinajstić information content (AvgIpc) is 2.41. The minimum absolute atomic E-state index is 0.0926. The first-order valence-electron chi connectivity index (χ1n) is 5.74. The molecule has 2 aromatic carbocycles. The highest BCUT2D eigenvalue weighted by atomic mass is 35.5. The summed E-state index contributed by atoms with van der Waals surface area (Å²) in [4.78, 5) is 0.257. The molecule has 20 heavy (non-hydrogen) atoms. The van der Waals surface area contributed by atoms with E-state index in [1.165, 1.54) is 6.07 Å². The molecule has 0 aromatic heterocycles. The Morgan fingerprint density at radius 1 is 1.20 bits per heavy atom. The molecule has 0 amide bonds. The van der Waals surface area contributed by atoms with E-state index in [1.807, 2.05) is 0 Å². The van der Waals surface area contributed by atoms with Gasteiger partial charge < -0.3 is 11.1 Å². The molecule has 104 valence electrons. The Morgan fingerprint density at radius 2 is 1.95 bits per heavy atom. The molecule has 0 aliphatic carbocycles. The van der Waals surface area contributed by atoms with E-state index in [0.717, 1.165) is 11.3 Å². The van der Waals surface area contributed by atoms with Gasteiger partial charge in [0.2, 0.25) is 0 Å². The summed E-state index contributed by atoms with van der Waals surface area (Å²) in [6.45, 7) is 0.469. The van der Waals surface area contributed by atoms with Crippen molar-refractivity contribution in [3.8, 4) is 0 Å². The minimum atomic E-state index is -0.439. The van der Waals surface area contributed by atoms with Crippen molar-refractivity contribution in [3.05, 3.63) is 63.4 Å². The summed E-state index contributed by atoms with van der Waals surface area (Å²) in [7, 11) is 0. The lowest BCUT2D eigenvalue weighted by Gasteiger charge is -2.12. The Labute approximate surface area is 131 Å². The zero-order valence-electron chi connectivity index (χ0n) is 10.3. The van der Waals surface area contributed by atoms with Crippen LogP contribution in [0.25, 0.3) is 0 Å². The molecule has 2 nitrogen and oxygen atoms in total. The maximum Gasteiger partial charge on any atom is 0.141 e. The number of benzene rings is 2. The summed E-state index contributed by atoms with van der Waals surface area (Å²) in [5, 5.41) is 3.83. The van der Waals surface area contributed by atoms with E-state index in [4.69, 9.17) is 41.2 Å². The number of anilines is 1. The van der Waals surface area contributed by atoms with Gasteiger partial charge in [-0.2, -0.15) is 0 Å². The fourth-order valence-corrected chi connectivity index (χ4v) is 2.27. The number of thiocarbonyl (C=S) groups is 1. The Hall–Kier alpha value is -1.36. The van der Waals surface area contributed by atoms with Crippen molar-refractivity contribution >= 4 is 46.1 Å². The second kappa shape index (κ2) is 6.39. The first kappa shape index (κ1) is 15.0. The van der Waals surface area contributed by atoms with Gasteiger partial charge in [-0.3, -0.25) is 0 Å². The molecule has 0 unspecified atom stereocenters. The van der Waals surface area contributed by atoms with Crippen LogP contribution in [-0.4, -0.2) is 4.99 Å². The lowest BCUT2D eigenvalue weighted by atomic mass is 10.1. The standard InChI is InChI=1S/C14H11Cl2FN2S/c15-9-2-4-13(10(6-9)14(18)20)19-7-8-1-3-12(17)11(16)5-8/h1-6,19H,7H2,(H2,18,20). The van der Waals surface area contributed by atoms with Gasteiger partial charge in [-0.15, -0.1) is 0 Å². The Balaban J connectivity index is 2.18. The largest absolute Gasteiger partial charge is 0.389 e. The summed E-state index contributed by atoms with van der Waals surface area (Å²) in [5.74, 6) is -0.439. The third-order valence-corrected chi connectivity index (χ3v) is 3.46. The van der Waals surface area contributed by atoms with Crippen molar-refractivity contribution in [1.29, 1.82) is 0 Å². The first-order chi connectivity index (χ1) is 9.47. The van der Waals surface area contributed by atoms with Gasteiger partial charge in [0.05, 0.1) is 5.02 Å². The highest BCUT2D eigenvalue weighted by Crippen LogP contribution is 2.22. The van der Waals surface area contributed by atoms with Gasteiger partial charge in [0.1, 0.15) is 10.8 Å². The highest BCUT2D eigenvalue weighted by Gasteiger charge is 2.07. The van der Waals surface area contributed by atoms with E-state index in [1.54, 1.807) is 30.3 Å². The van der Waals surface area contributed by atoms with Crippen LogP contribution in [0, 0.1) is 5.82 Å². The van der Waals surface area contributed by atoms with Crippen LogP contribution in [0.5, 0.6) is 0 Å².